The zero-order valence-corrected chi connectivity index (χ0v) is 13.6. The first-order chi connectivity index (χ1) is 10.1. The Hall–Kier alpha value is -1.58. The number of halogens is 1. The van der Waals surface area contributed by atoms with E-state index in [4.69, 9.17) is 11.6 Å². The van der Waals surface area contributed by atoms with Crippen molar-refractivity contribution >= 4 is 17.3 Å². The molecule has 0 saturated carbocycles. The van der Waals surface area contributed by atoms with E-state index in [9.17, 15) is 0 Å². The third-order valence-electron chi connectivity index (χ3n) is 3.36. The van der Waals surface area contributed by atoms with Crippen LogP contribution < -0.4 is 10.2 Å². The fraction of sp³-hybridized carbons (Fsp3) is 0.353. The first-order valence-corrected chi connectivity index (χ1v) is 7.56. The van der Waals surface area contributed by atoms with Crippen molar-refractivity contribution in [3.05, 3.63) is 58.9 Å². The number of rotatable bonds is 6. The Morgan fingerprint density at radius 2 is 1.90 bits per heavy atom. The normalized spacial score (nSPS) is 10.9. The van der Waals surface area contributed by atoms with E-state index >= 15 is 0 Å². The molecule has 4 heteroatoms. The van der Waals surface area contributed by atoms with E-state index in [-0.39, 0.29) is 0 Å². The summed E-state index contributed by atoms with van der Waals surface area (Å²) in [5, 5.41) is 4.25. The van der Waals surface area contributed by atoms with Crippen molar-refractivity contribution in [2.75, 3.05) is 11.9 Å². The summed E-state index contributed by atoms with van der Waals surface area (Å²) < 4.78 is 0. The molecule has 1 aromatic heterocycles. The van der Waals surface area contributed by atoms with Crippen LogP contribution in [0.25, 0.3) is 0 Å². The van der Waals surface area contributed by atoms with Crippen LogP contribution in [-0.4, -0.2) is 18.1 Å². The van der Waals surface area contributed by atoms with Gasteiger partial charge in [-0.3, -0.25) is 4.98 Å². The average Bonchev–Trinajstić information content (AvgIpc) is 2.46. The number of pyridine rings is 1. The monoisotopic (exact) mass is 303 g/mol. The van der Waals surface area contributed by atoms with Crippen LogP contribution in [0.1, 0.15) is 25.0 Å². The predicted octanol–water partition coefficient (Wildman–Crippen LogP) is 3.87. The molecular weight excluding hydrogens is 282 g/mol. The Bertz CT molecular complexity index is 570. The minimum Gasteiger partial charge on any atom is -0.370 e. The Kier molecular flexibility index (Phi) is 5.59. The van der Waals surface area contributed by atoms with Gasteiger partial charge in [-0.25, -0.2) is 0 Å². The van der Waals surface area contributed by atoms with Gasteiger partial charge in [0.25, 0.3) is 0 Å². The van der Waals surface area contributed by atoms with Crippen LogP contribution in [-0.2, 0) is 13.1 Å². The zero-order chi connectivity index (χ0) is 15.2. The largest absolute Gasteiger partial charge is 0.370 e. The fourth-order valence-electron chi connectivity index (χ4n) is 2.23. The van der Waals surface area contributed by atoms with Crippen molar-refractivity contribution in [1.82, 2.24) is 10.3 Å². The molecule has 0 fully saturated rings. The fourth-order valence-corrected chi connectivity index (χ4v) is 2.47. The smallest absolute Gasteiger partial charge is 0.0471 e. The molecule has 1 heterocycles. The highest BCUT2D eigenvalue weighted by Crippen LogP contribution is 2.27. The summed E-state index contributed by atoms with van der Waals surface area (Å²) in [7, 11) is 2.09. The van der Waals surface area contributed by atoms with Crippen molar-refractivity contribution in [1.29, 1.82) is 0 Å². The quantitative estimate of drug-likeness (QED) is 0.878. The van der Waals surface area contributed by atoms with Gasteiger partial charge in [0, 0.05) is 54.8 Å². The second kappa shape index (κ2) is 7.43. The van der Waals surface area contributed by atoms with Gasteiger partial charge in [0.15, 0.2) is 0 Å². The molecule has 1 N–H and O–H groups in total. The Morgan fingerprint density at radius 3 is 2.57 bits per heavy atom. The third kappa shape index (κ3) is 4.45. The zero-order valence-electron chi connectivity index (χ0n) is 12.8. The Labute approximate surface area is 132 Å². The van der Waals surface area contributed by atoms with E-state index < -0.39 is 0 Å². The maximum atomic E-state index is 6.38. The molecule has 0 spiro atoms. The maximum absolute atomic E-state index is 6.38. The van der Waals surface area contributed by atoms with E-state index in [0.29, 0.717) is 6.04 Å². The van der Waals surface area contributed by atoms with Crippen LogP contribution in [0.4, 0.5) is 5.69 Å². The van der Waals surface area contributed by atoms with Crippen LogP contribution in [0.2, 0.25) is 5.02 Å². The predicted molar refractivity (Wildman–Crippen MR) is 89.8 cm³/mol. The molecule has 0 amide bonds. The van der Waals surface area contributed by atoms with E-state index in [1.807, 2.05) is 36.7 Å². The highest BCUT2D eigenvalue weighted by atomic mass is 35.5. The molecule has 2 aromatic rings. The molecule has 0 unspecified atom stereocenters. The summed E-state index contributed by atoms with van der Waals surface area (Å²) in [6.07, 6.45) is 3.64. The summed E-state index contributed by atoms with van der Waals surface area (Å²) in [4.78, 5) is 6.28. The summed E-state index contributed by atoms with van der Waals surface area (Å²) in [6.45, 7) is 5.87. The minimum atomic E-state index is 0.430. The van der Waals surface area contributed by atoms with Gasteiger partial charge in [-0.05, 0) is 29.8 Å². The molecule has 0 bridgehead atoms. The molecule has 21 heavy (non-hydrogen) atoms. The lowest BCUT2D eigenvalue weighted by atomic mass is 10.1. The molecule has 1 aromatic carbocycles. The molecular formula is C17H22ClN3. The molecule has 3 nitrogen and oxygen atoms in total. The van der Waals surface area contributed by atoms with Gasteiger partial charge >= 0.3 is 0 Å². The standard InChI is InChI=1S/C17H22ClN3/c1-13(2)20-11-15-16(18)5-4-6-17(15)21(3)12-14-7-9-19-10-8-14/h4-10,13,20H,11-12H2,1-3H3. The SMILES string of the molecule is CC(C)NCc1c(Cl)cccc1N(C)Cc1ccncc1. The van der Waals surface area contributed by atoms with E-state index in [1.165, 1.54) is 5.56 Å². The maximum Gasteiger partial charge on any atom is 0.0471 e. The van der Waals surface area contributed by atoms with Gasteiger partial charge in [0.2, 0.25) is 0 Å². The summed E-state index contributed by atoms with van der Waals surface area (Å²) in [6, 6.07) is 10.6. The molecule has 0 atom stereocenters. The van der Waals surface area contributed by atoms with Crippen molar-refractivity contribution in [3.8, 4) is 0 Å². The highest BCUT2D eigenvalue weighted by Gasteiger charge is 2.11. The van der Waals surface area contributed by atoms with Gasteiger partial charge in [0.05, 0.1) is 0 Å². The van der Waals surface area contributed by atoms with Crippen LogP contribution in [0.15, 0.2) is 42.7 Å². The number of nitrogens with zero attached hydrogens (tertiary/aromatic N) is 2. The Balaban J connectivity index is 2.19. The van der Waals surface area contributed by atoms with Gasteiger partial charge in [-0.2, -0.15) is 0 Å². The number of aromatic nitrogens is 1. The van der Waals surface area contributed by atoms with Gasteiger partial charge in [-0.15, -0.1) is 0 Å². The van der Waals surface area contributed by atoms with Gasteiger partial charge < -0.3 is 10.2 Å². The first-order valence-electron chi connectivity index (χ1n) is 7.18. The molecule has 0 aliphatic rings. The second-order valence-corrected chi connectivity index (χ2v) is 5.89. The summed E-state index contributed by atoms with van der Waals surface area (Å²) in [5.41, 5.74) is 3.53. The number of anilines is 1. The van der Waals surface area contributed by atoms with Gasteiger partial charge in [-0.1, -0.05) is 31.5 Å². The van der Waals surface area contributed by atoms with Crippen LogP contribution in [0, 0.1) is 0 Å². The molecule has 0 saturated heterocycles. The molecule has 0 radical (unpaired) electrons. The summed E-state index contributed by atoms with van der Waals surface area (Å²) >= 11 is 6.38. The van der Waals surface area contributed by atoms with Crippen molar-refractivity contribution in [2.45, 2.75) is 33.0 Å². The van der Waals surface area contributed by atoms with Crippen LogP contribution in [0.3, 0.4) is 0 Å². The van der Waals surface area contributed by atoms with Crippen LogP contribution in [0.5, 0.6) is 0 Å². The second-order valence-electron chi connectivity index (χ2n) is 5.48. The third-order valence-corrected chi connectivity index (χ3v) is 3.72. The average molecular weight is 304 g/mol. The molecule has 0 aliphatic heterocycles. The van der Waals surface area contributed by atoms with E-state index in [1.54, 1.807) is 0 Å². The number of benzene rings is 1. The number of nitrogens with one attached hydrogen (secondary N) is 1. The van der Waals surface area contributed by atoms with E-state index in [0.717, 1.165) is 29.4 Å². The first kappa shape index (κ1) is 15.8. The number of hydrogen-bond donors (Lipinski definition) is 1. The molecule has 112 valence electrons. The van der Waals surface area contributed by atoms with Gasteiger partial charge in [0.1, 0.15) is 0 Å². The van der Waals surface area contributed by atoms with Crippen molar-refractivity contribution in [2.24, 2.45) is 0 Å². The minimum absolute atomic E-state index is 0.430. The lowest BCUT2D eigenvalue weighted by molar-refractivity contribution is 0.588. The lowest BCUT2D eigenvalue weighted by Gasteiger charge is -2.24. The topological polar surface area (TPSA) is 28.2 Å². The van der Waals surface area contributed by atoms with Crippen molar-refractivity contribution in [3.63, 3.8) is 0 Å². The highest BCUT2D eigenvalue weighted by molar-refractivity contribution is 6.31. The molecule has 0 aliphatic carbocycles. The summed E-state index contributed by atoms with van der Waals surface area (Å²) in [5.74, 6) is 0. The van der Waals surface area contributed by atoms with Crippen molar-refractivity contribution < 1.29 is 0 Å². The van der Waals surface area contributed by atoms with Crippen LogP contribution >= 0.6 is 11.6 Å². The number of hydrogen-bond acceptors (Lipinski definition) is 3. The molecule has 2 rings (SSSR count). The van der Waals surface area contributed by atoms with E-state index in [2.05, 4.69) is 42.2 Å². The lowest BCUT2D eigenvalue weighted by Crippen LogP contribution is -2.25. The Morgan fingerprint density at radius 1 is 1.19 bits per heavy atom.